The SMILES string of the molecule is [CH2-]/C=C/CC(C)(C)C.[Na+]. The average molecular weight is 134 g/mol. The first kappa shape index (κ1) is 12.3. The van der Waals surface area contributed by atoms with Crippen LogP contribution in [0.5, 0.6) is 0 Å². The van der Waals surface area contributed by atoms with Crippen LogP contribution < -0.4 is 29.6 Å². The number of rotatable bonds is 1. The van der Waals surface area contributed by atoms with Gasteiger partial charge in [-0.15, -0.1) is 0 Å². The van der Waals surface area contributed by atoms with E-state index in [2.05, 4.69) is 33.8 Å². The first-order valence-corrected chi connectivity index (χ1v) is 3.00. The van der Waals surface area contributed by atoms with Crippen molar-refractivity contribution < 1.29 is 29.6 Å². The second kappa shape index (κ2) is 5.40. The molecule has 0 spiro atoms. The van der Waals surface area contributed by atoms with E-state index in [9.17, 15) is 0 Å². The van der Waals surface area contributed by atoms with Crippen molar-refractivity contribution in [2.45, 2.75) is 27.2 Å². The molecule has 0 aliphatic carbocycles. The Morgan fingerprint density at radius 3 is 1.89 bits per heavy atom. The first-order valence-electron chi connectivity index (χ1n) is 3.00. The van der Waals surface area contributed by atoms with Crippen molar-refractivity contribution in [2.24, 2.45) is 5.41 Å². The predicted molar refractivity (Wildman–Crippen MR) is 38.6 cm³/mol. The molecule has 0 aliphatic heterocycles. The Bertz CT molecular complexity index is 77.1. The molecular weight excluding hydrogens is 119 g/mol. The van der Waals surface area contributed by atoms with Gasteiger partial charge in [-0.3, -0.25) is 0 Å². The maximum absolute atomic E-state index is 3.61. The third kappa shape index (κ3) is 12.0. The Hall–Kier alpha value is 0.610. The Morgan fingerprint density at radius 2 is 1.78 bits per heavy atom. The van der Waals surface area contributed by atoms with Crippen LogP contribution in [0.1, 0.15) is 27.2 Å². The van der Waals surface area contributed by atoms with Gasteiger partial charge in [0.1, 0.15) is 0 Å². The molecule has 9 heavy (non-hydrogen) atoms. The fraction of sp³-hybridized carbons (Fsp3) is 0.625. The number of hydrogen-bond donors (Lipinski definition) is 0. The van der Waals surface area contributed by atoms with Crippen molar-refractivity contribution in [3.05, 3.63) is 19.1 Å². The summed E-state index contributed by atoms with van der Waals surface area (Å²) in [7, 11) is 0. The second-order valence-corrected chi connectivity index (χ2v) is 3.24. The van der Waals surface area contributed by atoms with Crippen LogP contribution in [-0.2, 0) is 0 Å². The Labute approximate surface area is 81.0 Å². The van der Waals surface area contributed by atoms with Crippen molar-refractivity contribution in [3.63, 3.8) is 0 Å². The van der Waals surface area contributed by atoms with Gasteiger partial charge in [0.25, 0.3) is 0 Å². The van der Waals surface area contributed by atoms with Gasteiger partial charge in [0.2, 0.25) is 0 Å². The molecular formula is C8H15Na. The first-order chi connectivity index (χ1) is 3.56. The Balaban J connectivity index is 0. The van der Waals surface area contributed by atoms with Gasteiger partial charge in [-0.2, -0.15) is 0 Å². The minimum absolute atomic E-state index is 0. The van der Waals surface area contributed by atoms with Crippen LogP contribution in [0.3, 0.4) is 0 Å². The third-order valence-electron chi connectivity index (χ3n) is 0.897. The van der Waals surface area contributed by atoms with Crippen molar-refractivity contribution in [1.29, 1.82) is 0 Å². The summed E-state index contributed by atoms with van der Waals surface area (Å²) in [5, 5.41) is 0. The van der Waals surface area contributed by atoms with Gasteiger partial charge in [0.15, 0.2) is 0 Å². The van der Waals surface area contributed by atoms with Gasteiger partial charge in [0.05, 0.1) is 0 Å². The van der Waals surface area contributed by atoms with Crippen molar-refractivity contribution >= 4 is 0 Å². The van der Waals surface area contributed by atoms with Crippen LogP contribution >= 0.6 is 0 Å². The molecule has 0 N–H and O–H groups in total. The monoisotopic (exact) mass is 134 g/mol. The topological polar surface area (TPSA) is 0 Å². The summed E-state index contributed by atoms with van der Waals surface area (Å²) in [5.74, 6) is 0. The maximum Gasteiger partial charge on any atom is 1.00 e. The van der Waals surface area contributed by atoms with Gasteiger partial charge >= 0.3 is 29.6 Å². The molecule has 0 unspecified atom stereocenters. The van der Waals surface area contributed by atoms with Crippen LogP contribution in [0.15, 0.2) is 12.2 Å². The van der Waals surface area contributed by atoms with Gasteiger partial charge in [-0.05, 0) is 0 Å². The minimum Gasteiger partial charge on any atom is -0.245 e. The number of allylic oxidation sites excluding steroid dienone is 2. The quantitative estimate of drug-likeness (QED) is 0.344. The zero-order chi connectivity index (χ0) is 6.62. The molecule has 1 heteroatoms. The fourth-order valence-corrected chi connectivity index (χ4v) is 0.437. The summed E-state index contributed by atoms with van der Waals surface area (Å²) in [6, 6.07) is 0. The number of hydrogen-bond acceptors (Lipinski definition) is 0. The van der Waals surface area contributed by atoms with Gasteiger partial charge < -0.3 is 0 Å². The maximum atomic E-state index is 3.61. The molecule has 0 bridgehead atoms. The van der Waals surface area contributed by atoms with E-state index >= 15 is 0 Å². The van der Waals surface area contributed by atoms with Gasteiger partial charge in [-0.1, -0.05) is 32.6 Å². The summed E-state index contributed by atoms with van der Waals surface area (Å²) in [5.41, 5.74) is 0.425. The summed E-state index contributed by atoms with van der Waals surface area (Å²) in [6.07, 6.45) is 5.07. The minimum atomic E-state index is 0. The van der Waals surface area contributed by atoms with Gasteiger partial charge in [-0.25, -0.2) is 19.1 Å². The molecule has 0 heterocycles. The van der Waals surface area contributed by atoms with Crippen LogP contribution in [0, 0.1) is 12.3 Å². The summed E-state index contributed by atoms with van der Waals surface area (Å²) in [6.45, 7) is 10.3. The molecule has 0 nitrogen and oxygen atoms in total. The average Bonchev–Trinajstić information content (AvgIpc) is 1.59. The standard InChI is InChI=1S/C8H15.Na/c1-5-6-7-8(2,3)4;/h5-6H,1,7H2,2-4H3;/q-1;+1/b6-5+;. The van der Waals surface area contributed by atoms with Crippen LogP contribution in [-0.4, -0.2) is 0 Å². The molecule has 0 fully saturated rings. The van der Waals surface area contributed by atoms with E-state index < -0.39 is 0 Å². The third-order valence-corrected chi connectivity index (χ3v) is 0.897. The molecule has 0 atom stereocenters. The smallest absolute Gasteiger partial charge is 0.245 e. The van der Waals surface area contributed by atoms with E-state index in [0.29, 0.717) is 5.41 Å². The zero-order valence-corrected chi connectivity index (χ0v) is 9.07. The normalized spacial score (nSPS) is 11.4. The second-order valence-electron chi connectivity index (χ2n) is 3.24. The zero-order valence-electron chi connectivity index (χ0n) is 7.07. The van der Waals surface area contributed by atoms with E-state index in [4.69, 9.17) is 0 Å². The largest absolute Gasteiger partial charge is 1.00 e. The summed E-state index contributed by atoms with van der Waals surface area (Å²) in [4.78, 5) is 0. The molecule has 0 amide bonds. The predicted octanol–water partition coefficient (Wildman–Crippen LogP) is -0.183. The van der Waals surface area contributed by atoms with Crippen molar-refractivity contribution in [2.75, 3.05) is 0 Å². The summed E-state index contributed by atoms with van der Waals surface area (Å²) < 4.78 is 0. The molecule has 0 rings (SSSR count). The molecule has 48 valence electrons. The molecule has 0 radical (unpaired) electrons. The fourth-order valence-electron chi connectivity index (χ4n) is 0.437. The van der Waals surface area contributed by atoms with E-state index in [1.54, 1.807) is 0 Å². The van der Waals surface area contributed by atoms with E-state index in [-0.39, 0.29) is 29.6 Å². The molecule has 0 aliphatic rings. The van der Waals surface area contributed by atoms with E-state index in [0.717, 1.165) is 6.42 Å². The molecule has 0 saturated heterocycles. The Kier molecular flexibility index (Phi) is 7.38. The van der Waals surface area contributed by atoms with E-state index in [1.165, 1.54) is 0 Å². The molecule has 0 aromatic carbocycles. The van der Waals surface area contributed by atoms with Gasteiger partial charge in [0, 0.05) is 0 Å². The molecule has 0 aromatic rings. The van der Waals surface area contributed by atoms with Crippen molar-refractivity contribution in [1.82, 2.24) is 0 Å². The van der Waals surface area contributed by atoms with Crippen molar-refractivity contribution in [3.8, 4) is 0 Å². The van der Waals surface area contributed by atoms with Crippen LogP contribution in [0.2, 0.25) is 0 Å². The molecule has 0 aromatic heterocycles. The van der Waals surface area contributed by atoms with Crippen LogP contribution in [0.4, 0.5) is 0 Å². The Morgan fingerprint density at radius 1 is 1.33 bits per heavy atom. The van der Waals surface area contributed by atoms with Crippen LogP contribution in [0.25, 0.3) is 0 Å². The van der Waals surface area contributed by atoms with E-state index in [1.807, 2.05) is 6.08 Å². The molecule has 0 saturated carbocycles. The summed E-state index contributed by atoms with van der Waals surface area (Å²) >= 11 is 0.